The molecule has 0 aliphatic carbocycles. The quantitative estimate of drug-likeness (QED) is 0.686. The summed E-state index contributed by atoms with van der Waals surface area (Å²) in [4.78, 5) is 38.2. The number of carbonyl (C=O) groups is 3. The lowest BCUT2D eigenvalue weighted by atomic mass is 10.1. The molecule has 6 nitrogen and oxygen atoms in total. The summed E-state index contributed by atoms with van der Waals surface area (Å²) in [6.07, 6.45) is 0.0230. The summed E-state index contributed by atoms with van der Waals surface area (Å²) >= 11 is 3.13. The molecule has 0 bridgehead atoms. The molecule has 1 aliphatic rings. The van der Waals surface area contributed by atoms with E-state index in [1.807, 2.05) is 32.0 Å². The van der Waals surface area contributed by atoms with E-state index in [4.69, 9.17) is 4.74 Å². The van der Waals surface area contributed by atoms with Crippen molar-refractivity contribution in [1.29, 1.82) is 0 Å². The Bertz CT molecular complexity index is 979. The third kappa shape index (κ3) is 4.82. The van der Waals surface area contributed by atoms with E-state index in [2.05, 4.69) is 21.2 Å². The summed E-state index contributed by atoms with van der Waals surface area (Å²) < 4.78 is 19.4. The fraction of sp³-hybridized carbons (Fsp3) is 0.286. The number of aryl methyl sites for hydroxylation is 1. The molecule has 1 saturated heterocycles. The van der Waals surface area contributed by atoms with Gasteiger partial charge in [-0.25, -0.2) is 4.39 Å². The standard InChI is InChI=1S/C21H20BrFN2O4/c1-12-4-3-5-18(13(12)2)25-10-14(8-20(25)27)21(28)29-11-19(26)24-17-7-6-15(22)9-16(17)23/h3-7,9,14H,8,10-11H2,1-2H3,(H,24,26). The SMILES string of the molecule is Cc1cccc(N2CC(C(=O)OCC(=O)Nc3ccc(Br)cc3F)CC2=O)c1C. The first-order valence-electron chi connectivity index (χ1n) is 9.04. The Morgan fingerprint density at radius 2 is 2.03 bits per heavy atom. The zero-order valence-electron chi connectivity index (χ0n) is 16.0. The van der Waals surface area contributed by atoms with Crippen molar-refractivity contribution in [2.45, 2.75) is 20.3 Å². The summed E-state index contributed by atoms with van der Waals surface area (Å²) in [6, 6.07) is 9.86. The van der Waals surface area contributed by atoms with Crippen LogP contribution < -0.4 is 10.2 Å². The molecule has 29 heavy (non-hydrogen) atoms. The van der Waals surface area contributed by atoms with Gasteiger partial charge in [0.05, 0.1) is 11.6 Å². The molecular weight excluding hydrogens is 443 g/mol. The summed E-state index contributed by atoms with van der Waals surface area (Å²) in [6.45, 7) is 3.53. The maximum Gasteiger partial charge on any atom is 0.311 e. The lowest BCUT2D eigenvalue weighted by Gasteiger charge is -2.20. The largest absolute Gasteiger partial charge is 0.455 e. The molecule has 0 spiro atoms. The van der Waals surface area contributed by atoms with E-state index >= 15 is 0 Å². The number of halogens is 2. The zero-order chi connectivity index (χ0) is 21.1. The number of benzene rings is 2. The average molecular weight is 463 g/mol. The first kappa shape index (κ1) is 21.0. The molecule has 1 N–H and O–H groups in total. The fourth-order valence-corrected chi connectivity index (χ4v) is 3.49. The van der Waals surface area contributed by atoms with Gasteiger partial charge in [0.2, 0.25) is 5.91 Å². The van der Waals surface area contributed by atoms with Crippen LogP contribution in [0.25, 0.3) is 0 Å². The minimum absolute atomic E-state index is 0.00797. The van der Waals surface area contributed by atoms with Crippen LogP contribution in [0.1, 0.15) is 17.5 Å². The maximum absolute atomic E-state index is 13.8. The summed E-state index contributed by atoms with van der Waals surface area (Å²) in [5, 5.41) is 2.35. The number of nitrogens with one attached hydrogen (secondary N) is 1. The molecular formula is C21H20BrFN2O4. The van der Waals surface area contributed by atoms with Crippen molar-refractivity contribution >= 4 is 45.1 Å². The molecule has 0 aromatic heterocycles. The Kier molecular flexibility index (Phi) is 6.32. The van der Waals surface area contributed by atoms with Crippen molar-refractivity contribution in [3.8, 4) is 0 Å². The number of anilines is 2. The highest BCUT2D eigenvalue weighted by Crippen LogP contribution is 2.29. The first-order chi connectivity index (χ1) is 13.8. The molecule has 1 heterocycles. The van der Waals surface area contributed by atoms with Crippen LogP contribution in [-0.2, 0) is 19.1 Å². The first-order valence-corrected chi connectivity index (χ1v) is 9.83. The van der Waals surface area contributed by atoms with Crippen LogP contribution in [-0.4, -0.2) is 30.9 Å². The van der Waals surface area contributed by atoms with Gasteiger partial charge in [-0.05, 0) is 49.2 Å². The zero-order valence-corrected chi connectivity index (χ0v) is 17.6. The Morgan fingerprint density at radius 3 is 2.76 bits per heavy atom. The van der Waals surface area contributed by atoms with Crippen LogP contribution in [0.5, 0.6) is 0 Å². The monoisotopic (exact) mass is 462 g/mol. The molecule has 2 aromatic carbocycles. The highest BCUT2D eigenvalue weighted by molar-refractivity contribution is 9.10. The van der Waals surface area contributed by atoms with Crippen molar-refractivity contribution in [2.24, 2.45) is 5.92 Å². The third-order valence-corrected chi connectivity index (χ3v) is 5.37. The van der Waals surface area contributed by atoms with Gasteiger partial charge in [0.15, 0.2) is 6.61 Å². The Morgan fingerprint density at radius 1 is 1.28 bits per heavy atom. The van der Waals surface area contributed by atoms with Gasteiger partial charge in [0, 0.05) is 23.1 Å². The van der Waals surface area contributed by atoms with Crippen molar-refractivity contribution < 1.29 is 23.5 Å². The predicted octanol–water partition coefficient (Wildman–Crippen LogP) is 3.74. The van der Waals surface area contributed by atoms with Gasteiger partial charge in [0.25, 0.3) is 5.91 Å². The summed E-state index contributed by atoms with van der Waals surface area (Å²) in [7, 11) is 0. The lowest BCUT2D eigenvalue weighted by Crippen LogP contribution is -2.28. The topological polar surface area (TPSA) is 75.7 Å². The molecule has 2 aromatic rings. The van der Waals surface area contributed by atoms with Crippen LogP contribution in [0, 0.1) is 25.6 Å². The van der Waals surface area contributed by atoms with Crippen LogP contribution in [0.2, 0.25) is 0 Å². The van der Waals surface area contributed by atoms with Gasteiger partial charge in [-0.2, -0.15) is 0 Å². The molecule has 2 amide bonds. The second-order valence-electron chi connectivity index (χ2n) is 6.90. The summed E-state index contributed by atoms with van der Waals surface area (Å²) in [5.41, 5.74) is 2.80. The van der Waals surface area contributed by atoms with E-state index in [1.165, 1.54) is 12.1 Å². The molecule has 0 radical (unpaired) electrons. The molecule has 1 aliphatic heterocycles. The molecule has 3 rings (SSSR count). The van der Waals surface area contributed by atoms with E-state index in [1.54, 1.807) is 11.0 Å². The highest BCUT2D eigenvalue weighted by atomic mass is 79.9. The van der Waals surface area contributed by atoms with E-state index in [-0.39, 0.29) is 24.6 Å². The van der Waals surface area contributed by atoms with Crippen molar-refractivity contribution in [3.05, 3.63) is 57.8 Å². The van der Waals surface area contributed by atoms with Crippen molar-refractivity contribution in [3.63, 3.8) is 0 Å². The van der Waals surface area contributed by atoms with Gasteiger partial charge in [-0.15, -0.1) is 0 Å². The molecule has 152 valence electrons. The van der Waals surface area contributed by atoms with E-state index in [0.717, 1.165) is 16.8 Å². The van der Waals surface area contributed by atoms with Crippen LogP contribution in [0.15, 0.2) is 40.9 Å². The normalized spacial score (nSPS) is 16.1. The third-order valence-electron chi connectivity index (χ3n) is 4.88. The van der Waals surface area contributed by atoms with E-state index in [9.17, 15) is 18.8 Å². The van der Waals surface area contributed by atoms with Crippen LogP contribution in [0.4, 0.5) is 15.8 Å². The van der Waals surface area contributed by atoms with Gasteiger partial charge in [-0.1, -0.05) is 28.1 Å². The van der Waals surface area contributed by atoms with Gasteiger partial charge < -0.3 is 15.0 Å². The summed E-state index contributed by atoms with van der Waals surface area (Å²) in [5.74, 6) is -2.71. The fourth-order valence-electron chi connectivity index (χ4n) is 3.16. The number of esters is 1. The number of amides is 2. The van der Waals surface area contributed by atoms with Gasteiger partial charge in [-0.3, -0.25) is 14.4 Å². The van der Waals surface area contributed by atoms with Crippen LogP contribution >= 0.6 is 15.9 Å². The number of hydrogen-bond acceptors (Lipinski definition) is 4. The number of rotatable bonds is 5. The highest BCUT2D eigenvalue weighted by Gasteiger charge is 2.37. The number of nitrogens with zero attached hydrogens (tertiary/aromatic N) is 1. The second-order valence-corrected chi connectivity index (χ2v) is 7.82. The molecule has 8 heteroatoms. The predicted molar refractivity (Wildman–Crippen MR) is 110 cm³/mol. The molecule has 1 fully saturated rings. The Labute approximate surface area is 176 Å². The lowest BCUT2D eigenvalue weighted by molar-refractivity contribution is -0.151. The maximum atomic E-state index is 13.8. The van der Waals surface area contributed by atoms with Gasteiger partial charge >= 0.3 is 5.97 Å². The molecule has 1 atom stereocenters. The smallest absolute Gasteiger partial charge is 0.311 e. The molecule has 1 unspecified atom stereocenters. The number of carbonyl (C=O) groups excluding carboxylic acids is 3. The van der Waals surface area contributed by atoms with Gasteiger partial charge in [0.1, 0.15) is 5.82 Å². The minimum atomic E-state index is -0.657. The van der Waals surface area contributed by atoms with E-state index in [0.29, 0.717) is 4.47 Å². The Balaban J connectivity index is 1.56. The van der Waals surface area contributed by atoms with Crippen molar-refractivity contribution in [1.82, 2.24) is 0 Å². The second kappa shape index (κ2) is 8.73. The van der Waals surface area contributed by atoms with E-state index < -0.39 is 30.2 Å². The Hall–Kier alpha value is -2.74. The average Bonchev–Trinajstić information content (AvgIpc) is 3.06. The van der Waals surface area contributed by atoms with Crippen molar-refractivity contribution in [2.75, 3.05) is 23.4 Å². The molecule has 0 saturated carbocycles. The van der Waals surface area contributed by atoms with Crippen LogP contribution in [0.3, 0.4) is 0 Å². The number of ether oxygens (including phenoxy) is 1. The number of hydrogen-bond donors (Lipinski definition) is 1. The minimum Gasteiger partial charge on any atom is -0.455 e.